The molecule has 5 nitrogen and oxygen atoms in total. The minimum atomic E-state index is 0.180. The summed E-state index contributed by atoms with van der Waals surface area (Å²) in [4.78, 5) is 16.9. The second-order valence-electron chi connectivity index (χ2n) is 6.84. The summed E-state index contributed by atoms with van der Waals surface area (Å²) in [6.07, 6.45) is 5.47. The number of rotatable bonds is 3. The molecule has 6 heteroatoms. The van der Waals surface area contributed by atoms with Crippen molar-refractivity contribution in [2.75, 3.05) is 13.1 Å². The third-order valence-electron chi connectivity index (χ3n) is 5.53. The van der Waals surface area contributed by atoms with E-state index in [-0.39, 0.29) is 11.3 Å². The van der Waals surface area contributed by atoms with Crippen molar-refractivity contribution in [3.63, 3.8) is 0 Å². The van der Waals surface area contributed by atoms with Gasteiger partial charge >= 0.3 is 0 Å². The number of aryl methyl sites for hydroxylation is 2. The molecule has 0 aromatic carbocycles. The molecule has 0 radical (unpaired) electrons. The van der Waals surface area contributed by atoms with Crippen molar-refractivity contribution in [3.05, 3.63) is 34.0 Å². The van der Waals surface area contributed by atoms with Gasteiger partial charge in [-0.3, -0.25) is 4.79 Å². The molecule has 0 bridgehead atoms. The first-order chi connectivity index (χ1) is 11.1. The molecule has 4 rings (SSSR count). The van der Waals surface area contributed by atoms with Gasteiger partial charge in [0.2, 0.25) is 0 Å². The van der Waals surface area contributed by atoms with E-state index in [4.69, 9.17) is 0 Å². The molecule has 1 spiro atoms. The molecule has 2 aliphatic rings. The lowest BCUT2D eigenvalue weighted by Gasteiger charge is -2.42. The number of hydrogen-bond donors (Lipinski definition) is 0. The van der Waals surface area contributed by atoms with Crippen molar-refractivity contribution in [1.29, 1.82) is 0 Å². The molecule has 23 heavy (non-hydrogen) atoms. The quantitative estimate of drug-likeness (QED) is 0.869. The van der Waals surface area contributed by atoms with Gasteiger partial charge < -0.3 is 9.47 Å². The van der Waals surface area contributed by atoms with Crippen LogP contribution in [0.5, 0.6) is 0 Å². The maximum atomic E-state index is 12.9. The van der Waals surface area contributed by atoms with Crippen LogP contribution >= 0.6 is 11.3 Å². The molecule has 1 unspecified atom stereocenters. The Hall–Kier alpha value is -1.69. The fourth-order valence-corrected chi connectivity index (χ4v) is 4.93. The first-order valence-electron chi connectivity index (χ1n) is 8.36. The Morgan fingerprint density at radius 2 is 2.26 bits per heavy atom. The monoisotopic (exact) mass is 330 g/mol. The van der Waals surface area contributed by atoms with Crippen molar-refractivity contribution < 1.29 is 4.79 Å². The van der Waals surface area contributed by atoms with Crippen LogP contribution in [0.4, 0.5) is 0 Å². The van der Waals surface area contributed by atoms with Crippen molar-refractivity contribution in [2.24, 2.45) is 5.41 Å². The zero-order chi connectivity index (χ0) is 16.0. The van der Waals surface area contributed by atoms with E-state index in [1.807, 2.05) is 30.3 Å². The van der Waals surface area contributed by atoms with Crippen LogP contribution in [0.3, 0.4) is 0 Å². The fraction of sp³-hybridized carbons (Fsp3) is 0.588. The number of nitrogens with zero attached hydrogens (tertiary/aromatic N) is 4. The summed E-state index contributed by atoms with van der Waals surface area (Å²) in [6, 6.07) is 3.98. The van der Waals surface area contributed by atoms with Gasteiger partial charge in [-0.1, -0.05) is 6.42 Å². The normalized spacial score (nSPS) is 22.5. The van der Waals surface area contributed by atoms with Gasteiger partial charge in [-0.25, -0.2) is 0 Å². The summed E-state index contributed by atoms with van der Waals surface area (Å²) in [5.41, 5.74) is 0.224. The fourth-order valence-electron chi connectivity index (χ4n) is 4.10. The molecule has 0 N–H and O–H groups in total. The second kappa shape index (κ2) is 5.44. The smallest absolute Gasteiger partial charge is 0.263 e. The molecule has 1 saturated carbocycles. The van der Waals surface area contributed by atoms with E-state index in [0.717, 1.165) is 30.3 Å². The summed E-state index contributed by atoms with van der Waals surface area (Å²) in [6.45, 7) is 6.68. The number of carbonyl (C=O) groups excluding carboxylic acids is 1. The number of thiophene rings is 1. The summed E-state index contributed by atoms with van der Waals surface area (Å²) in [7, 11) is 0. The van der Waals surface area contributed by atoms with Gasteiger partial charge in [0, 0.05) is 30.4 Å². The van der Waals surface area contributed by atoms with E-state index in [9.17, 15) is 4.79 Å². The Morgan fingerprint density at radius 1 is 1.43 bits per heavy atom. The van der Waals surface area contributed by atoms with Gasteiger partial charge in [-0.2, -0.15) is 0 Å². The minimum Gasteiger partial charge on any atom is -0.337 e. The average molecular weight is 330 g/mol. The standard InChI is InChI=1S/C17H22N4OS/c1-3-20-11-18-19-15(20)13-9-21(10-17(13)7-4-8-17)16(22)14-6-5-12(2)23-14/h5-6,11,13H,3-4,7-10H2,1-2H3. The first-order valence-corrected chi connectivity index (χ1v) is 9.18. The molecular weight excluding hydrogens is 308 g/mol. The van der Waals surface area contributed by atoms with E-state index < -0.39 is 0 Å². The number of amides is 1. The summed E-state index contributed by atoms with van der Waals surface area (Å²) in [5.74, 6) is 1.56. The van der Waals surface area contributed by atoms with Crippen LogP contribution in [0.25, 0.3) is 0 Å². The average Bonchev–Trinajstić information content (AvgIpc) is 3.22. The van der Waals surface area contributed by atoms with E-state index in [2.05, 4.69) is 21.7 Å². The zero-order valence-electron chi connectivity index (χ0n) is 13.7. The van der Waals surface area contributed by atoms with E-state index in [1.54, 1.807) is 11.3 Å². The highest BCUT2D eigenvalue weighted by atomic mass is 32.1. The van der Waals surface area contributed by atoms with Gasteiger partial charge in [0.25, 0.3) is 5.91 Å². The molecule has 3 heterocycles. The molecule has 1 saturated heterocycles. The SMILES string of the molecule is CCn1cnnc1C1CN(C(=O)c2ccc(C)s2)CC12CCC2. The molecule has 1 amide bonds. The maximum absolute atomic E-state index is 12.9. The lowest BCUT2D eigenvalue weighted by molar-refractivity contribution is 0.0727. The Morgan fingerprint density at radius 3 is 2.87 bits per heavy atom. The van der Waals surface area contributed by atoms with E-state index >= 15 is 0 Å². The number of aromatic nitrogens is 3. The van der Waals surface area contributed by atoms with Crippen LogP contribution in [0, 0.1) is 12.3 Å². The van der Waals surface area contributed by atoms with Crippen LogP contribution in [0.15, 0.2) is 18.5 Å². The van der Waals surface area contributed by atoms with Crippen molar-refractivity contribution in [2.45, 2.75) is 45.6 Å². The Kier molecular flexibility index (Phi) is 3.52. The van der Waals surface area contributed by atoms with Gasteiger partial charge in [-0.15, -0.1) is 21.5 Å². The molecule has 1 aliphatic carbocycles. The maximum Gasteiger partial charge on any atom is 0.263 e. The lowest BCUT2D eigenvalue weighted by atomic mass is 9.62. The van der Waals surface area contributed by atoms with Crippen LogP contribution < -0.4 is 0 Å². The molecule has 2 aromatic heterocycles. The largest absolute Gasteiger partial charge is 0.337 e. The van der Waals surface area contributed by atoms with Crippen LogP contribution in [0.1, 0.15) is 52.5 Å². The van der Waals surface area contributed by atoms with Gasteiger partial charge in [-0.05, 0) is 44.2 Å². The lowest BCUT2D eigenvalue weighted by Crippen LogP contribution is -2.38. The van der Waals surface area contributed by atoms with E-state index in [0.29, 0.717) is 5.92 Å². The van der Waals surface area contributed by atoms with Crippen molar-refractivity contribution in [1.82, 2.24) is 19.7 Å². The third kappa shape index (κ3) is 2.31. The van der Waals surface area contributed by atoms with Gasteiger partial charge in [0.05, 0.1) is 4.88 Å². The summed E-state index contributed by atoms with van der Waals surface area (Å²) in [5, 5.41) is 8.50. The number of carbonyl (C=O) groups is 1. The molecule has 2 fully saturated rings. The predicted octanol–water partition coefficient (Wildman–Crippen LogP) is 3.08. The third-order valence-corrected chi connectivity index (χ3v) is 6.52. The van der Waals surface area contributed by atoms with Crippen LogP contribution in [0.2, 0.25) is 0 Å². The Bertz CT molecular complexity index is 731. The minimum absolute atomic E-state index is 0.180. The Labute approximate surface area is 140 Å². The summed E-state index contributed by atoms with van der Waals surface area (Å²) < 4.78 is 2.13. The Balaban J connectivity index is 1.62. The predicted molar refractivity (Wildman–Crippen MR) is 89.7 cm³/mol. The molecular formula is C17H22N4OS. The van der Waals surface area contributed by atoms with Crippen LogP contribution in [-0.2, 0) is 6.54 Å². The number of hydrogen-bond acceptors (Lipinski definition) is 4. The molecule has 2 aromatic rings. The first kappa shape index (κ1) is 14.9. The van der Waals surface area contributed by atoms with Gasteiger partial charge in [0.15, 0.2) is 0 Å². The highest BCUT2D eigenvalue weighted by molar-refractivity contribution is 7.13. The van der Waals surface area contributed by atoms with Crippen molar-refractivity contribution >= 4 is 17.2 Å². The van der Waals surface area contributed by atoms with Gasteiger partial charge in [0.1, 0.15) is 12.2 Å². The topological polar surface area (TPSA) is 51.0 Å². The highest BCUT2D eigenvalue weighted by Crippen LogP contribution is 2.55. The zero-order valence-corrected chi connectivity index (χ0v) is 14.5. The summed E-state index contributed by atoms with van der Waals surface area (Å²) >= 11 is 1.59. The van der Waals surface area contributed by atoms with E-state index in [1.165, 1.54) is 24.1 Å². The number of likely N-dealkylation sites (tertiary alicyclic amines) is 1. The molecule has 1 atom stereocenters. The molecule has 122 valence electrons. The second-order valence-corrected chi connectivity index (χ2v) is 8.13. The highest BCUT2D eigenvalue weighted by Gasteiger charge is 2.53. The van der Waals surface area contributed by atoms with Crippen molar-refractivity contribution in [3.8, 4) is 0 Å². The van der Waals surface area contributed by atoms with Crippen LogP contribution in [-0.4, -0.2) is 38.7 Å². The molecule has 1 aliphatic heterocycles.